The average Bonchev–Trinajstić information content (AvgIpc) is 3.32. The number of hydrogen-bond donors (Lipinski definition) is 5. The third kappa shape index (κ3) is 13.2. The van der Waals surface area contributed by atoms with E-state index in [1.165, 1.54) is 19.3 Å². The van der Waals surface area contributed by atoms with Crippen LogP contribution in [0.2, 0.25) is 10.0 Å². The SMILES string of the molecule is Cc1c(COc2cc(OCc3cncc(C#N)c3)c(CNC(C)C(C)O)cc2Cl)cccc1-c1cccc(COc2cc(OCc3cncc(C#N)c3)c(CNC(C(=O)O)C(C)O)cc2Cl)c1C. The van der Waals surface area contributed by atoms with Crippen molar-refractivity contribution in [2.75, 3.05) is 0 Å². The van der Waals surface area contributed by atoms with Crippen LogP contribution in [0.15, 0.2) is 97.6 Å². The van der Waals surface area contributed by atoms with Gasteiger partial charge in [0.1, 0.15) is 67.6 Å². The van der Waals surface area contributed by atoms with Gasteiger partial charge >= 0.3 is 5.97 Å². The zero-order chi connectivity index (χ0) is 48.9. The highest BCUT2D eigenvalue weighted by molar-refractivity contribution is 6.32. The summed E-state index contributed by atoms with van der Waals surface area (Å²) in [7, 11) is 0. The molecule has 0 spiro atoms. The number of carboxylic acids is 1. The van der Waals surface area contributed by atoms with Crippen LogP contribution in [-0.4, -0.2) is 55.5 Å². The van der Waals surface area contributed by atoms with Gasteiger partial charge < -0.3 is 39.6 Å². The maximum atomic E-state index is 11.8. The first kappa shape index (κ1) is 50.7. The van der Waals surface area contributed by atoms with Gasteiger partial charge in [-0.15, -0.1) is 0 Å². The molecule has 5 N–H and O–H groups in total. The first-order valence-electron chi connectivity index (χ1n) is 21.7. The summed E-state index contributed by atoms with van der Waals surface area (Å²) in [6.45, 7) is 10.00. The molecular weight excluding hydrogens is 908 g/mol. The number of nitrogens with zero attached hydrogens (tertiary/aromatic N) is 4. The minimum Gasteiger partial charge on any atom is -0.488 e. The number of aromatic nitrogens is 2. The summed E-state index contributed by atoms with van der Waals surface area (Å²) in [4.78, 5) is 20.1. The fourth-order valence-electron chi connectivity index (χ4n) is 7.20. The van der Waals surface area contributed by atoms with Crippen molar-refractivity contribution < 1.29 is 39.1 Å². The van der Waals surface area contributed by atoms with Gasteiger partial charge in [0.25, 0.3) is 0 Å². The largest absolute Gasteiger partial charge is 0.488 e. The Labute approximate surface area is 405 Å². The molecule has 0 radical (unpaired) electrons. The average molecular weight is 960 g/mol. The molecule has 4 aromatic carbocycles. The molecule has 16 heteroatoms. The highest BCUT2D eigenvalue weighted by atomic mass is 35.5. The van der Waals surface area contributed by atoms with Gasteiger partial charge in [0.2, 0.25) is 0 Å². The summed E-state index contributed by atoms with van der Waals surface area (Å²) in [5, 5.41) is 55.3. The summed E-state index contributed by atoms with van der Waals surface area (Å²) < 4.78 is 25.2. The van der Waals surface area contributed by atoms with E-state index in [9.17, 15) is 30.6 Å². The van der Waals surface area contributed by atoms with E-state index >= 15 is 0 Å². The Morgan fingerprint density at radius 1 is 0.618 bits per heavy atom. The van der Waals surface area contributed by atoms with Gasteiger partial charge in [-0.1, -0.05) is 59.6 Å². The van der Waals surface area contributed by atoms with Crippen molar-refractivity contribution >= 4 is 29.2 Å². The van der Waals surface area contributed by atoms with Crippen molar-refractivity contribution in [2.24, 2.45) is 0 Å². The van der Waals surface area contributed by atoms with E-state index in [1.807, 2.05) is 51.1 Å². The Bertz CT molecular complexity index is 2830. The number of pyridine rings is 2. The fourth-order valence-corrected chi connectivity index (χ4v) is 7.68. The summed E-state index contributed by atoms with van der Waals surface area (Å²) in [6, 6.07) is 25.0. The number of halogens is 2. The number of nitrogens with one attached hydrogen (secondary N) is 2. The molecule has 0 saturated carbocycles. The lowest BCUT2D eigenvalue weighted by atomic mass is 9.92. The van der Waals surface area contributed by atoms with Gasteiger partial charge in [-0.05, 0) is 92.3 Å². The smallest absolute Gasteiger partial charge is 0.323 e. The number of aliphatic carboxylic acids is 1. The second-order valence-corrected chi connectivity index (χ2v) is 17.2. The zero-order valence-electron chi connectivity index (χ0n) is 38.2. The molecule has 14 nitrogen and oxygen atoms in total. The Morgan fingerprint density at radius 3 is 1.47 bits per heavy atom. The predicted octanol–water partition coefficient (Wildman–Crippen LogP) is 8.91. The van der Waals surface area contributed by atoms with Crippen LogP contribution < -0.4 is 29.6 Å². The number of nitriles is 2. The van der Waals surface area contributed by atoms with Gasteiger partial charge in [0, 0.05) is 78.3 Å². The van der Waals surface area contributed by atoms with Crippen molar-refractivity contribution in [3.05, 3.63) is 163 Å². The molecular formula is C52H52Cl2N6O8. The highest BCUT2D eigenvalue weighted by Crippen LogP contribution is 2.37. The van der Waals surface area contributed by atoms with E-state index in [4.69, 9.17) is 42.1 Å². The van der Waals surface area contributed by atoms with Crippen molar-refractivity contribution in [2.45, 2.75) is 98.4 Å². The molecule has 0 amide bonds. The quantitative estimate of drug-likeness (QED) is 0.0430. The molecule has 0 aliphatic heterocycles. The number of aliphatic hydroxyl groups is 2. The minimum absolute atomic E-state index is 0.00815. The maximum absolute atomic E-state index is 11.8. The fraction of sp³-hybridized carbons (Fsp3) is 0.288. The molecule has 2 aromatic heterocycles. The van der Waals surface area contributed by atoms with Crippen LogP contribution >= 0.6 is 23.2 Å². The van der Waals surface area contributed by atoms with Crippen LogP contribution in [0.3, 0.4) is 0 Å². The summed E-state index contributed by atoms with van der Waals surface area (Å²) >= 11 is 13.6. The lowest BCUT2D eigenvalue weighted by Gasteiger charge is -2.20. The number of carbonyl (C=O) groups is 1. The summed E-state index contributed by atoms with van der Waals surface area (Å²) in [6.07, 6.45) is 4.42. The predicted molar refractivity (Wildman–Crippen MR) is 257 cm³/mol. The van der Waals surface area contributed by atoms with Crippen molar-refractivity contribution in [1.82, 2.24) is 20.6 Å². The monoisotopic (exact) mass is 958 g/mol. The molecule has 4 atom stereocenters. The van der Waals surface area contributed by atoms with E-state index in [2.05, 4.69) is 38.8 Å². The molecule has 0 bridgehead atoms. The van der Waals surface area contributed by atoms with Gasteiger partial charge in [0.15, 0.2) is 0 Å². The maximum Gasteiger partial charge on any atom is 0.323 e. The number of aliphatic hydroxyl groups excluding tert-OH is 2. The number of ether oxygens (including phenoxy) is 4. The Hall–Kier alpha value is -6.75. The summed E-state index contributed by atoms with van der Waals surface area (Å²) in [5.41, 5.74) is 9.27. The minimum atomic E-state index is -1.24. The van der Waals surface area contributed by atoms with E-state index < -0.39 is 24.2 Å². The third-order valence-electron chi connectivity index (χ3n) is 11.4. The standard InChI is InChI=1S/C52H52Cl2N6O8/c1-30-39(28-67-49-16-47(65-26-37-12-35(18-55)20-57-22-37)41(14-45(49)53)24-59-32(3)33(4)61)8-6-10-43(30)44-11-7-9-40(31(44)2)29-68-50-17-48(66-27-38-13-36(19-56)21-58-23-38)42(15-46(50)54)25-60-51(34(5)62)52(63)64/h6-17,20-23,32-34,51,59-62H,24-29H2,1-5H3,(H,63,64). The number of benzene rings is 4. The number of rotatable bonds is 22. The molecule has 6 aromatic rings. The molecule has 0 saturated heterocycles. The van der Waals surface area contributed by atoms with Crippen LogP contribution in [-0.2, 0) is 44.3 Å². The van der Waals surface area contributed by atoms with Gasteiger partial charge in [-0.3, -0.25) is 20.1 Å². The van der Waals surface area contributed by atoms with Crippen LogP contribution in [0.4, 0.5) is 0 Å². The van der Waals surface area contributed by atoms with Crippen molar-refractivity contribution in [3.8, 4) is 46.3 Å². The highest BCUT2D eigenvalue weighted by Gasteiger charge is 2.24. The van der Waals surface area contributed by atoms with Gasteiger partial charge in [-0.25, -0.2) is 0 Å². The molecule has 0 fully saturated rings. The zero-order valence-corrected chi connectivity index (χ0v) is 39.7. The third-order valence-corrected chi connectivity index (χ3v) is 12.0. The van der Waals surface area contributed by atoms with E-state index in [0.29, 0.717) is 56.8 Å². The second kappa shape index (κ2) is 23.8. The molecule has 0 aliphatic rings. The normalized spacial score (nSPS) is 12.8. The Kier molecular flexibility index (Phi) is 17.7. The number of carboxylic acid groups (broad SMARTS) is 1. The van der Waals surface area contributed by atoms with Crippen LogP contribution in [0.1, 0.15) is 76.4 Å². The van der Waals surface area contributed by atoms with Crippen molar-refractivity contribution in [3.63, 3.8) is 0 Å². The van der Waals surface area contributed by atoms with Crippen LogP contribution in [0.25, 0.3) is 11.1 Å². The van der Waals surface area contributed by atoms with E-state index in [0.717, 1.165) is 44.5 Å². The first-order valence-corrected chi connectivity index (χ1v) is 22.5. The van der Waals surface area contributed by atoms with E-state index in [1.54, 1.807) is 55.7 Å². The Balaban J connectivity index is 1.20. The molecule has 0 aliphatic carbocycles. The number of hydrogen-bond acceptors (Lipinski definition) is 13. The second-order valence-electron chi connectivity index (χ2n) is 16.3. The lowest BCUT2D eigenvalue weighted by Crippen LogP contribution is -2.44. The molecule has 352 valence electrons. The van der Waals surface area contributed by atoms with Crippen LogP contribution in [0, 0.1) is 36.5 Å². The molecule has 68 heavy (non-hydrogen) atoms. The Morgan fingerprint density at radius 2 is 1.06 bits per heavy atom. The summed E-state index contributed by atoms with van der Waals surface area (Å²) in [5.74, 6) is 0.419. The van der Waals surface area contributed by atoms with Gasteiger partial charge in [0.05, 0.1) is 33.4 Å². The van der Waals surface area contributed by atoms with E-state index in [-0.39, 0.29) is 44.0 Å². The first-order chi connectivity index (χ1) is 32.6. The van der Waals surface area contributed by atoms with Crippen LogP contribution in [0.5, 0.6) is 23.0 Å². The van der Waals surface area contributed by atoms with Gasteiger partial charge in [-0.2, -0.15) is 10.5 Å². The molecule has 4 unspecified atom stereocenters. The molecule has 2 heterocycles. The van der Waals surface area contributed by atoms with Crippen molar-refractivity contribution in [1.29, 1.82) is 10.5 Å². The molecule has 6 rings (SSSR count). The topological polar surface area (TPSA) is 212 Å². The lowest BCUT2D eigenvalue weighted by molar-refractivity contribution is -0.142.